The molecule has 0 aromatic rings. The molecule has 3 aliphatic rings. The number of fused-ring (bicyclic) bond motifs is 2. The molecule has 104 valence electrons. The molecule has 2 aliphatic heterocycles. The minimum absolute atomic E-state index is 0.0454. The Kier molecular flexibility index (Phi) is 2.42. The zero-order valence-corrected chi connectivity index (χ0v) is 11.9. The summed E-state index contributed by atoms with van der Waals surface area (Å²) in [5, 5.41) is 0. The molecular weight excluding hydrogens is 242 g/mol. The second-order valence-corrected chi connectivity index (χ2v) is 6.85. The van der Waals surface area contributed by atoms with Crippen molar-refractivity contribution in [2.24, 2.45) is 16.2 Å². The fourth-order valence-electron chi connectivity index (χ4n) is 3.94. The van der Waals surface area contributed by atoms with Crippen molar-refractivity contribution in [3.05, 3.63) is 12.2 Å². The van der Waals surface area contributed by atoms with Crippen molar-refractivity contribution in [2.75, 3.05) is 19.7 Å². The second-order valence-electron chi connectivity index (χ2n) is 6.85. The largest absolute Gasteiger partial charge is 0.464 e. The highest BCUT2D eigenvalue weighted by Crippen LogP contribution is 2.66. The van der Waals surface area contributed by atoms with Crippen LogP contribution < -0.4 is 0 Å². The summed E-state index contributed by atoms with van der Waals surface area (Å²) in [6.45, 7) is 7.91. The van der Waals surface area contributed by atoms with E-state index in [2.05, 4.69) is 20.8 Å². The molecule has 19 heavy (non-hydrogen) atoms. The van der Waals surface area contributed by atoms with Gasteiger partial charge in [-0.2, -0.15) is 0 Å². The fourth-order valence-corrected chi connectivity index (χ4v) is 3.94. The van der Waals surface area contributed by atoms with E-state index in [-0.39, 0.29) is 22.7 Å². The molecule has 2 fully saturated rings. The topological polar surface area (TPSA) is 46.6 Å². The molecule has 2 heterocycles. The summed E-state index contributed by atoms with van der Waals surface area (Å²) >= 11 is 0. The van der Waals surface area contributed by atoms with Crippen molar-refractivity contribution in [2.45, 2.75) is 33.6 Å². The Balaban J connectivity index is 2.04. The van der Waals surface area contributed by atoms with Crippen molar-refractivity contribution < 1.29 is 14.3 Å². The predicted molar refractivity (Wildman–Crippen MR) is 70.2 cm³/mol. The summed E-state index contributed by atoms with van der Waals surface area (Å²) in [4.78, 5) is 27.1. The van der Waals surface area contributed by atoms with Gasteiger partial charge in [0, 0.05) is 18.5 Å². The molecule has 1 saturated heterocycles. The Morgan fingerprint density at radius 3 is 2.47 bits per heavy atom. The number of hydrogen-bond acceptors (Lipinski definition) is 3. The van der Waals surface area contributed by atoms with Crippen LogP contribution in [0.25, 0.3) is 0 Å². The Bertz CT molecular complexity index is 474. The molecular formula is C15H21NO3. The number of esters is 1. The van der Waals surface area contributed by atoms with E-state index < -0.39 is 5.41 Å². The van der Waals surface area contributed by atoms with Gasteiger partial charge in [0.25, 0.3) is 0 Å². The molecule has 2 bridgehead atoms. The quantitative estimate of drug-likeness (QED) is 0.411. The number of carbonyl (C=O) groups is 2. The Morgan fingerprint density at radius 2 is 1.84 bits per heavy atom. The molecule has 1 aliphatic carbocycles. The van der Waals surface area contributed by atoms with Crippen molar-refractivity contribution in [1.82, 2.24) is 4.90 Å². The minimum Gasteiger partial charge on any atom is -0.464 e. The monoisotopic (exact) mass is 263 g/mol. The highest BCUT2D eigenvalue weighted by molar-refractivity contribution is 6.05. The molecule has 0 aromatic heterocycles. The predicted octanol–water partition coefficient (Wildman–Crippen LogP) is 1.75. The summed E-state index contributed by atoms with van der Waals surface area (Å²) < 4.78 is 5.38. The summed E-state index contributed by atoms with van der Waals surface area (Å²) in [5.74, 6) is -0.361. The van der Waals surface area contributed by atoms with Gasteiger partial charge in [-0.05, 0) is 18.3 Å². The van der Waals surface area contributed by atoms with E-state index in [0.29, 0.717) is 26.1 Å². The van der Waals surface area contributed by atoms with E-state index in [1.165, 1.54) is 0 Å². The summed E-state index contributed by atoms with van der Waals surface area (Å²) in [7, 11) is 0. The van der Waals surface area contributed by atoms with Crippen LogP contribution in [0.5, 0.6) is 0 Å². The number of carbonyl (C=O) groups excluding carboxylic acids is 2. The summed E-state index contributed by atoms with van der Waals surface area (Å²) in [5.41, 5.74) is -1.43. The van der Waals surface area contributed by atoms with E-state index >= 15 is 0 Å². The number of hydrogen-bond donors (Lipinski definition) is 0. The SMILES string of the molecule is CC1(C)[C@@]2(C)CC[C@]1(C(=O)N1CC=CC1)C(=O)OC2. The second kappa shape index (κ2) is 3.62. The Morgan fingerprint density at radius 1 is 1.21 bits per heavy atom. The van der Waals surface area contributed by atoms with Crippen molar-refractivity contribution in [3.8, 4) is 0 Å². The van der Waals surface area contributed by atoms with Gasteiger partial charge in [-0.1, -0.05) is 32.9 Å². The third-order valence-corrected chi connectivity index (χ3v) is 5.97. The zero-order chi connectivity index (χ0) is 13.9. The van der Waals surface area contributed by atoms with Gasteiger partial charge >= 0.3 is 5.97 Å². The van der Waals surface area contributed by atoms with Crippen LogP contribution in [0.3, 0.4) is 0 Å². The molecule has 3 rings (SSSR count). The highest BCUT2D eigenvalue weighted by atomic mass is 16.5. The molecule has 1 amide bonds. The molecule has 1 saturated carbocycles. The number of ether oxygens (including phenoxy) is 1. The average molecular weight is 263 g/mol. The van der Waals surface area contributed by atoms with Gasteiger partial charge in [-0.25, -0.2) is 0 Å². The lowest BCUT2D eigenvalue weighted by Crippen LogP contribution is -2.60. The van der Waals surface area contributed by atoms with Gasteiger partial charge in [0.1, 0.15) is 0 Å². The van der Waals surface area contributed by atoms with Crippen LogP contribution in [0.15, 0.2) is 12.2 Å². The number of nitrogens with zero attached hydrogens (tertiary/aromatic N) is 1. The lowest BCUT2D eigenvalue weighted by molar-refractivity contribution is -0.192. The first-order valence-electron chi connectivity index (χ1n) is 6.97. The van der Waals surface area contributed by atoms with Gasteiger partial charge in [-0.3, -0.25) is 9.59 Å². The van der Waals surface area contributed by atoms with Crippen LogP contribution in [0.4, 0.5) is 0 Å². The Hall–Kier alpha value is -1.32. The normalized spacial score (nSPS) is 39.5. The van der Waals surface area contributed by atoms with Crippen molar-refractivity contribution >= 4 is 11.9 Å². The van der Waals surface area contributed by atoms with Crippen LogP contribution in [0, 0.1) is 16.2 Å². The Labute approximate surface area is 113 Å². The van der Waals surface area contributed by atoms with E-state index in [1.807, 2.05) is 12.2 Å². The molecule has 0 unspecified atom stereocenters. The van der Waals surface area contributed by atoms with Gasteiger partial charge in [0.05, 0.1) is 6.61 Å². The van der Waals surface area contributed by atoms with Gasteiger partial charge in [0.15, 0.2) is 5.41 Å². The molecule has 0 spiro atoms. The first-order valence-corrected chi connectivity index (χ1v) is 6.97. The van der Waals surface area contributed by atoms with E-state index in [9.17, 15) is 9.59 Å². The fraction of sp³-hybridized carbons (Fsp3) is 0.733. The highest BCUT2D eigenvalue weighted by Gasteiger charge is 2.72. The molecule has 4 nitrogen and oxygen atoms in total. The number of amides is 1. The van der Waals surface area contributed by atoms with Crippen molar-refractivity contribution in [3.63, 3.8) is 0 Å². The lowest BCUT2D eigenvalue weighted by atomic mass is 9.57. The smallest absolute Gasteiger partial charge is 0.322 e. The van der Waals surface area contributed by atoms with Crippen LogP contribution >= 0.6 is 0 Å². The third-order valence-electron chi connectivity index (χ3n) is 5.97. The first-order chi connectivity index (χ1) is 8.85. The number of rotatable bonds is 1. The minimum atomic E-state index is -0.980. The van der Waals surface area contributed by atoms with Gasteiger partial charge in [-0.15, -0.1) is 0 Å². The lowest BCUT2D eigenvalue weighted by Gasteiger charge is -2.50. The zero-order valence-electron chi connectivity index (χ0n) is 11.9. The summed E-state index contributed by atoms with van der Waals surface area (Å²) in [6, 6.07) is 0. The molecule has 0 aromatic carbocycles. The maximum atomic E-state index is 12.9. The van der Waals surface area contributed by atoms with Crippen molar-refractivity contribution in [1.29, 1.82) is 0 Å². The van der Waals surface area contributed by atoms with Gasteiger partial charge in [0.2, 0.25) is 5.91 Å². The van der Waals surface area contributed by atoms with E-state index in [1.54, 1.807) is 4.90 Å². The van der Waals surface area contributed by atoms with E-state index in [0.717, 1.165) is 6.42 Å². The maximum Gasteiger partial charge on any atom is 0.322 e. The molecule has 2 atom stereocenters. The van der Waals surface area contributed by atoms with Gasteiger partial charge < -0.3 is 9.64 Å². The molecule has 0 N–H and O–H groups in total. The van der Waals surface area contributed by atoms with Crippen LogP contribution in [-0.4, -0.2) is 36.5 Å². The average Bonchev–Trinajstić information content (AvgIpc) is 2.91. The molecule has 4 heteroatoms. The third kappa shape index (κ3) is 1.30. The number of cyclic esters (lactones) is 1. The standard InChI is InChI=1S/C15H21NO3/c1-13(2)14(3)6-7-15(13,12(18)19-10-14)11(17)16-8-4-5-9-16/h4-5H,6-10H2,1-3H3/t14-,15-/m0/s1. The van der Waals surface area contributed by atoms with Crippen LogP contribution in [0.1, 0.15) is 33.6 Å². The first kappa shape index (κ1) is 12.7. The van der Waals surface area contributed by atoms with Crippen LogP contribution in [-0.2, 0) is 14.3 Å². The van der Waals surface area contributed by atoms with E-state index in [4.69, 9.17) is 4.74 Å². The van der Waals surface area contributed by atoms with Crippen LogP contribution in [0.2, 0.25) is 0 Å². The molecule has 0 radical (unpaired) electrons. The summed E-state index contributed by atoms with van der Waals surface area (Å²) in [6.07, 6.45) is 5.44. The maximum absolute atomic E-state index is 12.9.